The number of amides is 2. The van der Waals surface area contributed by atoms with Crippen LogP contribution in [0.3, 0.4) is 0 Å². The molecule has 0 spiro atoms. The van der Waals surface area contributed by atoms with Crippen molar-refractivity contribution in [2.75, 3.05) is 26.1 Å². The third-order valence-corrected chi connectivity index (χ3v) is 5.22. The number of anilines is 1. The molecule has 172 valence electrons. The van der Waals surface area contributed by atoms with Crippen molar-refractivity contribution < 1.29 is 23.9 Å². The molecule has 0 bridgehead atoms. The number of carbonyl (C=O) groups excluding carboxylic acids is 3. The number of aromatic nitrogens is 1. The van der Waals surface area contributed by atoms with Crippen molar-refractivity contribution in [2.45, 2.75) is 20.3 Å². The van der Waals surface area contributed by atoms with E-state index in [9.17, 15) is 14.4 Å². The summed E-state index contributed by atoms with van der Waals surface area (Å²) < 4.78 is 11.8. The van der Waals surface area contributed by atoms with Crippen molar-refractivity contribution in [3.63, 3.8) is 0 Å². The molecule has 2 N–H and O–H groups in total. The average Bonchev–Trinajstić information content (AvgIpc) is 3.12. The van der Waals surface area contributed by atoms with Gasteiger partial charge in [0.15, 0.2) is 0 Å². The van der Waals surface area contributed by atoms with E-state index in [-0.39, 0.29) is 24.8 Å². The fraction of sp³-hybridized carbons (Fsp3) is 0.240. The molecule has 0 fully saturated rings. The van der Waals surface area contributed by atoms with Crippen molar-refractivity contribution in [1.82, 2.24) is 9.88 Å². The summed E-state index contributed by atoms with van der Waals surface area (Å²) >= 11 is 0. The van der Waals surface area contributed by atoms with E-state index < -0.39 is 5.97 Å². The number of ether oxygens (including phenoxy) is 2. The Balaban J connectivity index is 1.68. The Morgan fingerprint density at radius 1 is 0.970 bits per heavy atom. The van der Waals surface area contributed by atoms with E-state index in [1.165, 1.54) is 7.11 Å². The first-order chi connectivity index (χ1) is 15.8. The molecule has 33 heavy (non-hydrogen) atoms. The number of aryl methyl sites for hydroxylation is 1. The molecule has 0 radical (unpaired) electrons. The first-order valence-electron chi connectivity index (χ1n) is 10.4. The normalized spacial score (nSPS) is 10.4. The largest absolute Gasteiger partial charge is 0.497 e. The predicted molar refractivity (Wildman–Crippen MR) is 125 cm³/mol. The van der Waals surface area contributed by atoms with Gasteiger partial charge in [0, 0.05) is 28.8 Å². The van der Waals surface area contributed by atoms with Crippen LogP contribution < -0.4 is 15.4 Å². The highest BCUT2D eigenvalue weighted by Gasteiger charge is 2.17. The Morgan fingerprint density at radius 3 is 2.36 bits per heavy atom. The molecule has 0 unspecified atom stereocenters. The SMILES string of the molecule is COC(=O)CNC(=O)Cc1ccc(NC(=O)c2cc(C)n(-c3cccc(OC)c3)c2C)cc1. The number of nitrogens with one attached hydrogen (secondary N) is 2. The lowest BCUT2D eigenvalue weighted by molar-refractivity contribution is -0.141. The molecule has 8 nitrogen and oxygen atoms in total. The molecule has 1 aromatic heterocycles. The zero-order valence-corrected chi connectivity index (χ0v) is 19.1. The van der Waals surface area contributed by atoms with Crippen molar-refractivity contribution >= 4 is 23.5 Å². The second kappa shape index (κ2) is 10.5. The average molecular weight is 450 g/mol. The van der Waals surface area contributed by atoms with Crippen LogP contribution in [0.2, 0.25) is 0 Å². The van der Waals surface area contributed by atoms with E-state index in [0.29, 0.717) is 11.3 Å². The van der Waals surface area contributed by atoms with Gasteiger partial charge in [0.2, 0.25) is 5.91 Å². The summed E-state index contributed by atoms with van der Waals surface area (Å²) in [5.74, 6) is -0.278. The van der Waals surface area contributed by atoms with Gasteiger partial charge in [0.05, 0.1) is 26.2 Å². The summed E-state index contributed by atoms with van der Waals surface area (Å²) in [6.45, 7) is 3.68. The van der Waals surface area contributed by atoms with Crippen LogP contribution in [0.15, 0.2) is 54.6 Å². The molecule has 0 saturated heterocycles. The monoisotopic (exact) mass is 449 g/mol. The van der Waals surface area contributed by atoms with Crippen LogP contribution in [0.1, 0.15) is 27.3 Å². The molecular formula is C25H27N3O5. The Hall–Kier alpha value is -4.07. The van der Waals surface area contributed by atoms with Gasteiger partial charge in [-0.3, -0.25) is 14.4 Å². The Kier molecular flexibility index (Phi) is 7.50. The molecule has 0 aliphatic rings. The van der Waals surface area contributed by atoms with Crippen LogP contribution in [0, 0.1) is 13.8 Å². The van der Waals surface area contributed by atoms with Crippen molar-refractivity contribution in [3.05, 3.63) is 77.1 Å². The third kappa shape index (κ3) is 5.79. The number of hydrogen-bond donors (Lipinski definition) is 2. The van der Waals surface area contributed by atoms with Gasteiger partial charge in [-0.05, 0) is 49.7 Å². The Labute approximate surface area is 192 Å². The third-order valence-electron chi connectivity index (χ3n) is 5.22. The number of benzene rings is 2. The lowest BCUT2D eigenvalue weighted by Crippen LogP contribution is -2.31. The van der Waals surface area contributed by atoms with E-state index in [4.69, 9.17) is 4.74 Å². The topological polar surface area (TPSA) is 98.7 Å². The number of esters is 1. The molecule has 3 rings (SSSR count). The summed E-state index contributed by atoms with van der Waals surface area (Å²) in [4.78, 5) is 36.0. The van der Waals surface area contributed by atoms with E-state index >= 15 is 0 Å². The van der Waals surface area contributed by atoms with Crippen LogP contribution in [0.5, 0.6) is 5.75 Å². The van der Waals surface area contributed by atoms with Gasteiger partial charge in [-0.1, -0.05) is 18.2 Å². The first kappa shape index (κ1) is 23.6. The summed E-state index contributed by atoms with van der Waals surface area (Å²) in [5.41, 5.74) is 4.60. The molecule has 0 saturated carbocycles. The first-order valence-corrected chi connectivity index (χ1v) is 10.4. The van der Waals surface area contributed by atoms with Crippen LogP contribution in [0.25, 0.3) is 5.69 Å². The van der Waals surface area contributed by atoms with E-state index in [1.807, 2.05) is 48.7 Å². The van der Waals surface area contributed by atoms with Gasteiger partial charge >= 0.3 is 5.97 Å². The number of nitrogens with zero attached hydrogens (tertiary/aromatic N) is 1. The quantitative estimate of drug-likeness (QED) is 0.515. The molecule has 2 amide bonds. The van der Waals surface area contributed by atoms with E-state index in [1.54, 1.807) is 31.4 Å². The Morgan fingerprint density at radius 2 is 1.70 bits per heavy atom. The number of hydrogen-bond acceptors (Lipinski definition) is 5. The fourth-order valence-electron chi connectivity index (χ4n) is 3.53. The molecule has 3 aromatic rings. The maximum atomic E-state index is 12.9. The van der Waals surface area contributed by atoms with E-state index in [2.05, 4.69) is 15.4 Å². The second-order valence-electron chi connectivity index (χ2n) is 7.50. The minimum Gasteiger partial charge on any atom is -0.497 e. The van der Waals surface area contributed by atoms with Gasteiger partial charge in [0.25, 0.3) is 5.91 Å². The molecule has 1 heterocycles. The lowest BCUT2D eigenvalue weighted by Gasteiger charge is -2.11. The van der Waals surface area contributed by atoms with Gasteiger partial charge in [-0.15, -0.1) is 0 Å². The van der Waals surface area contributed by atoms with Crippen LogP contribution >= 0.6 is 0 Å². The molecule has 8 heteroatoms. The number of methoxy groups -OCH3 is 2. The predicted octanol–water partition coefficient (Wildman–Crippen LogP) is 3.19. The molecule has 0 atom stereocenters. The highest BCUT2D eigenvalue weighted by Crippen LogP contribution is 2.24. The highest BCUT2D eigenvalue weighted by atomic mass is 16.5. The Bertz CT molecular complexity index is 1170. The molecule has 2 aromatic carbocycles. The van der Waals surface area contributed by atoms with Crippen molar-refractivity contribution in [2.24, 2.45) is 0 Å². The standard InChI is InChI=1S/C25H27N3O5/c1-16-12-22(17(2)28(16)20-6-5-7-21(14-20)32-3)25(31)27-19-10-8-18(9-11-19)13-23(29)26-15-24(30)33-4/h5-12,14H,13,15H2,1-4H3,(H,26,29)(H,27,31). The minimum absolute atomic E-state index is 0.118. The summed E-state index contributed by atoms with van der Waals surface area (Å²) in [5, 5.41) is 5.39. The summed E-state index contributed by atoms with van der Waals surface area (Å²) in [7, 11) is 2.88. The summed E-state index contributed by atoms with van der Waals surface area (Å²) in [6, 6.07) is 16.5. The fourth-order valence-corrected chi connectivity index (χ4v) is 3.53. The highest BCUT2D eigenvalue weighted by molar-refractivity contribution is 6.05. The maximum Gasteiger partial charge on any atom is 0.325 e. The molecule has 0 aliphatic heterocycles. The van der Waals surface area contributed by atoms with Crippen molar-refractivity contribution in [1.29, 1.82) is 0 Å². The molecule has 0 aliphatic carbocycles. The van der Waals surface area contributed by atoms with E-state index in [0.717, 1.165) is 28.4 Å². The van der Waals surface area contributed by atoms with Crippen molar-refractivity contribution in [3.8, 4) is 11.4 Å². The van der Waals surface area contributed by atoms with Crippen LogP contribution in [0.4, 0.5) is 5.69 Å². The zero-order valence-electron chi connectivity index (χ0n) is 19.1. The van der Waals surface area contributed by atoms with Gasteiger partial charge < -0.3 is 24.7 Å². The second-order valence-corrected chi connectivity index (χ2v) is 7.50. The minimum atomic E-state index is -0.507. The smallest absolute Gasteiger partial charge is 0.325 e. The van der Waals surface area contributed by atoms with Gasteiger partial charge in [-0.25, -0.2) is 0 Å². The number of carbonyl (C=O) groups is 3. The maximum absolute atomic E-state index is 12.9. The van der Waals surface area contributed by atoms with Gasteiger partial charge in [-0.2, -0.15) is 0 Å². The zero-order chi connectivity index (χ0) is 24.0. The van der Waals surface area contributed by atoms with Gasteiger partial charge in [0.1, 0.15) is 12.3 Å². The lowest BCUT2D eigenvalue weighted by atomic mass is 10.1. The molecular weight excluding hydrogens is 422 g/mol. The van der Waals surface area contributed by atoms with Crippen LogP contribution in [-0.2, 0) is 20.7 Å². The summed E-state index contributed by atoms with van der Waals surface area (Å²) in [6.07, 6.45) is 0.118. The van der Waals surface area contributed by atoms with Crippen LogP contribution in [-0.4, -0.2) is 43.1 Å². The number of rotatable bonds is 8.